The van der Waals surface area contributed by atoms with Crippen molar-refractivity contribution < 1.29 is 23.9 Å². The Balaban J connectivity index is 1.27. The predicted octanol–water partition coefficient (Wildman–Crippen LogP) is 5.08. The topological polar surface area (TPSA) is 92.3 Å². The van der Waals surface area contributed by atoms with Gasteiger partial charge in [-0.2, -0.15) is 0 Å². The summed E-state index contributed by atoms with van der Waals surface area (Å²) in [6.07, 6.45) is 2.05. The van der Waals surface area contributed by atoms with E-state index < -0.39 is 17.9 Å². The molecular formula is C31H32Cl2N4O5. The zero-order valence-corrected chi connectivity index (χ0v) is 25.0. The van der Waals surface area contributed by atoms with Crippen LogP contribution in [-0.4, -0.2) is 67.6 Å². The number of hydrogen-bond donors (Lipinski definition) is 0. The van der Waals surface area contributed by atoms with Gasteiger partial charge in [-0.3, -0.25) is 14.4 Å². The number of esters is 1. The number of hydrogen-bond acceptors (Lipinski definition) is 7. The van der Waals surface area contributed by atoms with Gasteiger partial charge < -0.3 is 24.2 Å². The normalized spacial score (nSPS) is 19.0. The molecule has 220 valence electrons. The number of methoxy groups -OCH3 is 1. The lowest BCUT2D eigenvalue weighted by molar-refractivity contribution is -0.157. The van der Waals surface area contributed by atoms with Crippen molar-refractivity contribution in [2.24, 2.45) is 5.92 Å². The number of carbonyl (C=O) groups excluding carboxylic acids is 3. The summed E-state index contributed by atoms with van der Waals surface area (Å²) in [7, 11) is 1.58. The number of pyridine rings is 1. The molecule has 5 rings (SSSR count). The Bertz CT molecular complexity index is 1440. The third-order valence-corrected chi connectivity index (χ3v) is 8.21. The zero-order valence-electron chi connectivity index (χ0n) is 23.5. The van der Waals surface area contributed by atoms with Crippen molar-refractivity contribution in [2.75, 3.05) is 49.7 Å². The lowest BCUT2D eigenvalue weighted by atomic mass is 9.83. The fourth-order valence-corrected chi connectivity index (χ4v) is 5.97. The largest absolute Gasteiger partial charge is 0.497 e. The Hall–Kier alpha value is -3.82. The van der Waals surface area contributed by atoms with E-state index in [9.17, 15) is 14.4 Å². The van der Waals surface area contributed by atoms with E-state index in [-0.39, 0.29) is 24.8 Å². The second-order valence-electron chi connectivity index (χ2n) is 10.4. The zero-order chi connectivity index (χ0) is 29.8. The van der Waals surface area contributed by atoms with E-state index in [1.165, 1.54) is 6.20 Å². The number of piperidine rings is 1. The molecule has 2 unspecified atom stereocenters. The first-order valence-electron chi connectivity index (χ1n) is 13.8. The maximum Gasteiger partial charge on any atom is 0.311 e. The molecule has 0 bridgehead atoms. The molecule has 2 amide bonds. The van der Waals surface area contributed by atoms with Crippen LogP contribution in [-0.2, 0) is 19.1 Å². The molecule has 42 heavy (non-hydrogen) atoms. The number of carbonyl (C=O) groups is 3. The van der Waals surface area contributed by atoms with Crippen LogP contribution in [0.25, 0.3) is 0 Å². The average Bonchev–Trinajstić information content (AvgIpc) is 3.00. The second-order valence-corrected chi connectivity index (χ2v) is 11.2. The molecule has 0 saturated carbocycles. The minimum absolute atomic E-state index is 0.0760. The van der Waals surface area contributed by atoms with Gasteiger partial charge in [-0.1, -0.05) is 53.0 Å². The molecule has 11 heteroatoms. The number of ether oxygens (including phenoxy) is 2. The van der Waals surface area contributed by atoms with Gasteiger partial charge in [0.1, 0.15) is 11.6 Å². The van der Waals surface area contributed by atoms with Crippen LogP contribution in [0.4, 0.5) is 11.5 Å². The van der Waals surface area contributed by atoms with Crippen molar-refractivity contribution in [1.29, 1.82) is 0 Å². The van der Waals surface area contributed by atoms with E-state index >= 15 is 0 Å². The van der Waals surface area contributed by atoms with Crippen LogP contribution in [0.1, 0.15) is 30.0 Å². The number of anilines is 2. The van der Waals surface area contributed by atoms with Gasteiger partial charge in [-0.05, 0) is 49.2 Å². The van der Waals surface area contributed by atoms with E-state index in [0.717, 1.165) is 11.1 Å². The molecule has 2 aliphatic rings. The fraction of sp³-hybridized carbons (Fsp3) is 0.355. The van der Waals surface area contributed by atoms with Crippen molar-refractivity contribution in [3.05, 3.63) is 82.0 Å². The van der Waals surface area contributed by atoms with Gasteiger partial charge in [0.15, 0.2) is 6.61 Å². The standard InChI is InChI=1S/C31H32Cl2N4O5/c1-20-3-7-23(8-4-20)37-27(38)12-11-25(29(37)21-5-9-24(41-2)10-6-21)31(40)42-19-28(39)35-13-15-36(16-14-35)30-26(33)17-22(32)18-34-30/h3-10,17-18,25,29H,11-16,19H2,1-2H3. The molecule has 2 atom stereocenters. The molecule has 3 heterocycles. The van der Waals surface area contributed by atoms with Crippen LogP contribution >= 0.6 is 23.2 Å². The summed E-state index contributed by atoms with van der Waals surface area (Å²) >= 11 is 12.3. The number of nitrogens with zero attached hydrogens (tertiary/aromatic N) is 4. The molecule has 2 saturated heterocycles. The molecular weight excluding hydrogens is 579 g/mol. The van der Waals surface area contributed by atoms with Gasteiger partial charge in [-0.15, -0.1) is 0 Å². The van der Waals surface area contributed by atoms with Gasteiger partial charge >= 0.3 is 5.97 Å². The van der Waals surface area contributed by atoms with Gasteiger partial charge in [0, 0.05) is 44.5 Å². The predicted molar refractivity (Wildman–Crippen MR) is 161 cm³/mol. The van der Waals surface area contributed by atoms with E-state index in [1.807, 2.05) is 48.2 Å². The Kier molecular flexibility index (Phi) is 9.18. The lowest BCUT2D eigenvalue weighted by Crippen LogP contribution is -2.50. The number of piperazine rings is 1. The quantitative estimate of drug-likeness (QED) is 0.344. The second kappa shape index (κ2) is 13.0. The molecule has 0 aliphatic carbocycles. The summed E-state index contributed by atoms with van der Waals surface area (Å²) in [5.74, 6) is -0.227. The highest BCUT2D eigenvalue weighted by Gasteiger charge is 2.42. The van der Waals surface area contributed by atoms with Crippen LogP contribution < -0.4 is 14.5 Å². The highest BCUT2D eigenvalue weighted by molar-refractivity contribution is 6.36. The minimum Gasteiger partial charge on any atom is -0.497 e. The van der Waals surface area contributed by atoms with Crippen LogP contribution in [0.3, 0.4) is 0 Å². The Labute approximate surface area is 254 Å². The molecule has 0 radical (unpaired) electrons. The molecule has 0 N–H and O–H groups in total. The van der Waals surface area contributed by atoms with Crippen molar-refractivity contribution in [3.63, 3.8) is 0 Å². The number of aromatic nitrogens is 1. The summed E-state index contributed by atoms with van der Waals surface area (Å²) in [5.41, 5.74) is 2.54. The summed E-state index contributed by atoms with van der Waals surface area (Å²) in [5, 5.41) is 0.909. The molecule has 9 nitrogen and oxygen atoms in total. The maximum atomic E-state index is 13.5. The molecule has 3 aromatic rings. The van der Waals surface area contributed by atoms with Gasteiger partial charge in [-0.25, -0.2) is 4.98 Å². The third kappa shape index (κ3) is 6.47. The number of rotatable bonds is 7. The van der Waals surface area contributed by atoms with Crippen LogP contribution in [0, 0.1) is 12.8 Å². The Morgan fingerprint density at radius 3 is 2.33 bits per heavy atom. The van der Waals surface area contributed by atoms with E-state index in [1.54, 1.807) is 35.1 Å². The van der Waals surface area contributed by atoms with Crippen LogP contribution in [0.2, 0.25) is 10.0 Å². The first kappa shape index (κ1) is 29.7. The molecule has 0 spiro atoms. The Morgan fingerprint density at radius 1 is 1.00 bits per heavy atom. The summed E-state index contributed by atoms with van der Waals surface area (Å²) in [6, 6.07) is 16.0. The average molecular weight is 612 g/mol. The SMILES string of the molecule is COc1ccc(C2C(C(=O)OCC(=O)N3CCN(c4ncc(Cl)cc4Cl)CC3)CCC(=O)N2c2ccc(C)cc2)cc1. The molecule has 2 fully saturated rings. The smallest absolute Gasteiger partial charge is 0.311 e. The first-order valence-corrected chi connectivity index (χ1v) is 14.5. The van der Waals surface area contributed by atoms with E-state index in [2.05, 4.69) is 4.98 Å². The van der Waals surface area contributed by atoms with Gasteiger partial charge in [0.25, 0.3) is 5.91 Å². The highest BCUT2D eigenvalue weighted by Crippen LogP contribution is 2.41. The van der Waals surface area contributed by atoms with Crippen molar-refractivity contribution in [3.8, 4) is 5.75 Å². The van der Waals surface area contributed by atoms with E-state index in [0.29, 0.717) is 59.9 Å². The van der Waals surface area contributed by atoms with E-state index in [4.69, 9.17) is 32.7 Å². The molecule has 2 aromatic carbocycles. The van der Waals surface area contributed by atoms with Crippen molar-refractivity contribution in [1.82, 2.24) is 9.88 Å². The highest BCUT2D eigenvalue weighted by atomic mass is 35.5. The minimum atomic E-state index is -0.653. The van der Waals surface area contributed by atoms with Crippen molar-refractivity contribution >= 4 is 52.5 Å². The Morgan fingerprint density at radius 2 is 1.69 bits per heavy atom. The summed E-state index contributed by atoms with van der Waals surface area (Å²) in [6.45, 7) is 3.54. The lowest BCUT2D eigenvalue weighted by Gasteiger charge is -2.40. The monoisotopic (exact) mass is 610 g/mol. The molecule has 2 aliphatic heterocycles. The number of amides is 2. The maximum absolute atomic E-state index is 13.5. The third-order valence-electron chi connectivity index (χ3n) is 7.73. The first-order chi connectivity index (χ1) is 20.2. The number of benzene rings is 2. The number of halogens is 2. The van der Waals surface area contributed by atoms with Crippen LogP contribution in [0.15, 0.2) is 60.8 Å². The van der Waals surface area contributed by atoms with Gasteiger partial charge in [0.2, 0.25) is 5.91 Å². The molecule has 1 aromatic heterocycles. The van der Waals surface area contributed by atoms with Crippen molar-refractivity contribution in [2.45, 2.75) is 25.8 Å². The summed E-state index contributed by atoms with van der Waals surface area (Å²) in [4.78, 5) is 49.5. The number of aryl methyl sites for hydroxylation is 1. The van der Waals surface area contributed by atoms with Crippen LogP contribution in [0.5, 0.6) is 5.75 Å². The van der Waals surface area contributed by atoms with Gasteiger partial charge in [0.05, 0.1) is 29.1 Å². The summed E-state index contributed by atoms with van der Waals surface area (Å²) < 4.78 is 10.9. The fourth-order valence-electron chi connectivity index (χ4n) is 5.47.